The highest BCUT2D eigenvalue weighted by atomic mass is 15.2. The van der Waals surface area contributed by atoms with Gasteiger partial charge in [-0.3, -0.25) is 0 Å². The van der Waals surface area contributed by atoms with E-state index in [1.165, 1.54) is 215 Å². The van der Waals surface area contributed by atoms with E-state index in [1.54, 1.807) is 0 Å². The third-order valence-corrected chi connectivity index (χ3v) is 32.4. The first-order valence-corrected chi connectivity index (χ1v) is 49.1. The molecule has 0 atom stereocenters. The molecule has 6 aliphatic rings. The van der Waals surface area contributed by atoms with Crippen LogP contribution >= 0.6 is 0 Å². The SMILES string of the molecule is Cc1cccc(N(c2ccccc2)c2cc3c(c4ccccc24)-c2c(ccc4cc(-c5cccc(N(c6ccccc6)c6cc7c(c8ccccc68)-c6c(ccc8cc(-c9cccc(N(c%10ccccc%10)c%10cc%11c(c%12ccccc%10%12)-c%10c(ccc%12ccccc%10%12)C%11%10c%11ccccc%11-c%11ccccc%11%10)c9)ccc68)C76c7ccccc7-c7ccccc76)c5C)ccc24)C32c3ccccc3-c3ccccc32)c1. The van der Waals surface area contributed by atoms with Gasteiger partial charge in [0.15, 0.2) is 0 Å². The van der Waals surface area contributed by atoms with Gasteiger partial charge in [-0.05, 0) is 326 Å². The average molecular weight is 1780 g/mol. The van der Waals surface area contributed by atoms with Crippen LogP contribution in [0.2, 0.25) is 0 Å². The molecular weight excluding hydrogens is 1690 g/mol. The van der Waals surface area contributed by atoms with Crippen molar-refractivity contribution in [2.24, 2.45) is 0 Å². The van der Waals surface area contributed by atoms with Crippen LogP contribution in [-0.4, -0.2) is 0 Å². The molecule has 0 unspecified atom stereocenters. The molecule has 0 radical (unpaired) electrons. The Morgan fingerprint density at radius 2 is 0.443 bits per heavy atom. The number of anilines is 9. The zero-order valence-electron chi connectivity index (χ0n) is 77.1. The summed E-state index contributed by atoms with van der Waals surface area (Å²) in [4.78, 5) is 7.61. The van der Waals surface area contributed by atoms with Crippen LogP contribution in [0, 0.1) is 13.8 Å². The maximum atomic E-state index is 2.62. The maximum absolute atomic E-state index is 2.62. The summed E-state index contributed by atoms with van der Waals surface area (Å²) in [6.45, 7) is 4.55. The first kappa shape index (κ1) is 78.6. The molecule has 6 aliphatic carbocycles. The molecule has 0 fully saturated rings. The summed E-state index contributed by atoms with van der Waals surface area (Å²) in [7, 11) is 0. The van der Waals surface area contributed by atoms with Crippen LogP contribution in [0.5, 0.6) is 0 Å². The first-order valence-electron chi connectivity index (χ1n) is 49.1. The zero-order chi connectivity index (χ0) is 92.0. The fourth-order valence-electron chi connectivity index (χ4n) is 27.0. The van der Waals surface area contributed by atoms with Gasteiger partial charge in [-0.1, -0.05) is 394 Å². The predicted octanol–water partition coefficient (Wildman–Crippen LogP) is 36.0. The highest BCUT2D eigenvalue weighted by Gasteiger charge is 2.57. The lowest BCUT2D eigenvalue weighted by atomic mass is 9.70. The Morgan fingerprint density at radius 3 is 0.864 bits per heavy atom. The lowest BCUT2D eigenvalue weighted by Crippen LogP contribution is -2.26. The van der Waals surface area contributed by atoms with E-state index in [0.717, 1.165) is 67.9 Å². The van der Waals surface area contributed by atoms with Gasteiger partial charge in [0.25, 0.3) is 0 Å². The van der Waals surface area contributed by atoms with E-state index < -0.39 is 16.2 Å². The molecule has 0 bridgehead atoms. The van der Waals surface area contributed by atoms with Crippen molar-refractivity contribution >= 4 is 116 Å². The Balaban J connectivity index is 0.580. The normalized spacial score (nSPS) is 13.7. The van der Waals surface area contributed by atoms with E-state index in [-0.39, 0.29) is 0 Å². The molecule has 140 heavy (non-hydrogen) atoms. The molecule has 650 valence electrons. The fourth-order valence-corrected chi connectivity index (χ4v) is 27.0. The van der Waals surface area contributed by atoms with E-state index in [0.29, 0.717) is 0 Å². The highest BCUT2D eigenvalue weighted by molar-refractivity contribution is 6.22. The molecule has 3 spiro atoms. The van der Waals surface area contributed by atoms with Gasteiger partial charge < -0.3 is 14.7 Å². The number of benzene rings is 24. The van der Waals surface area contributed by atoms with Crippen LogP contribution < -0.4 is 14.7 Å². The van der Waals surface area contributed by atoms with Gasteiger partial charge in [-0.2, -0.15) is 0 Å². The first-order chi connectivity index (χ1) is 69.3. The lowest BCUT2D eigenvalue weighted by Gasteiger charge is -2.33. The molecule has 24 aromatic carbocycles. The van der Waals surface area contributed by atoms with Crippen LogP contribution in [0.15, 0.2) is 491 Å². The van der Waals surface area contributed by atoms with Gasteiger partial charge in [0, 0.05) is 50.3 Å². The molecule has 0 saturated carbocycles. The van der Waals surface area contributed by atoms with Gasteiger partial charge in [0.2, 0.25) is 0 Å². The fraction of sp³-hybridized carbons (Fsp3) is 0.0365. The Kier molecular flexibility index (Phi) is 16.6. The summed E-state index contributed by atoms with van der Waals surface area (Å²) in [6.07, 6.45) is 0. The van der Waals surface area contributed by atoms with E-state index in [2.05, 4.69) is 520 Å². The summed E-state index contributed by atoms with van der Waals surface area (Å²) in [6, 6.07) is 188. The second kappa shape index (κ2) is 29.6. The Bertz CT molecular complexity index is 9370. The van der Waals surface area contributed by atoms with Gasteiger partial charge >= 0.3 is 0 Å². The number of fused-ring (bicyclic) bond motifs is 42. The Hall–Kier alpha value is -17.8. The molecule has 0 aliphatic heterocycles. The second-order valence-electron chi connectivity index (χ2n) is 39.0. The van der Waals surface area contributed by atoms with Crippen molar-refractivity contribution in [3.8, 4) is 89.0 Å². The quantitative estimate of drug-likeness (QED) is 0.128. The van der Waals surface area contributed by atoms with Crippen LogP contribution in [0.25, 0.3) is 154 Å². The molecule has 0 saturated heterocycles. The Labute approximate surface area is 813 Å². The number of rotatable bonds is 11. The third kappa shape index (κ3) is 10.5. The van der Waals surface area contributed by atoms with E-state index in [4.69, 9.17) is 0 Å². The van der Waals surface area contributed by atoms with Crippen molar-refractivity contribution in [1.82, 2.24) is 0 Å². The summed E-state index contributed by atoms with van der Waals surface area (Å²) >= 11 is 0. The number of nitrogens with zero attached hydrogens (tertiary/aromatic N) is 3. The van der Waals surface area contributed by atoms with Crippen LogP contribution in [-0.2, 0) is 16.2 Å². The van der Waals surface area contributed by atoms with Crippen LogP contribution in [0.3, 0.4) is 0 Å². The summed E-state index contributed by atoms with van der Waals surface area (Å²) < 4.78 is 0. The van der Waals surface area contributed by atoms with Gasteiger partial charge in [0.05, 0.1) is 33.3 Å². The number of aryl methyl sites for hydroxylation is 1. The number of hydrogen-bond donors (Lipinski definition) is 0. The molecular formula is C137H87N3. The van der Waals surface area contributed by atoms with Gasteiger partial charge in [-0.25, -0.2) is 0 Å². The lowest BCUT2D eigenvalue weighted by molar-refractivity contribution is 0.795. The van der Waals surface area contributed by atoms with Crippen molar-refractivity contribution in [2.75, 3.05) is 14.7 Å². The van der Waals surface area contributed by atoms with E-state index >= 15 is 0 Å². The number of para-hydroxylation sites is 3. The van der Waals surface area contributed by atoms with Crippen molar-refractivity contribution in [3.63, 3.8) is 0 Å². The topological polar surface area (TPSA) is 9.72 Å². The van der Waals surface area contributed by atoms with Crippen molar-refractivity contribution in [1.29, 1.82) is 0 Å². The smallest absolute Gasteiger partial charge is 0.0726 e. The summed E-state index contributed by atoms with van der Waals surface area (Å²) in [5.74, 6) is 0. The minimum Gasteiger partial charge on any atom is -0.310 e. The summed E-state index contributed by atoms with van der Waals surface area (Å²) in [5, 5.41) is 14.6. The van der Waals surface area contributed by atoms with Gasteiger partial charge in [0.1, 0.15) is 0 Å². The monoisotopic (exact) mass is 1770 g/mol. The van der Waals surface area contributed by atoms with Crippen LogP contribution in [0.4, 0.5) is 51.2 Å². The maximum Gasteiger partial charge on any atom is 0.0726 e. The molecule has 0 amide bonds. The molecule has 3 nitrogen and oxygen atoms in total. The zero-order valence-corrected chi connectivity index (χ0v) is 77.1. The molecule has 3 heteroatoms. The number of hydrogen-bond acceptors (Lipinski definition) is 3. The highest BCUT2D eigenvalue weighted by Crippen LogP contribution is 2.71. The van der Waals surface area contributed by atoms with E-state index in [9.17, 15) is 0 Å². The molecule has 0 aromatic heterocycles. The molecule has 0 N–H and O–H groups in total. The van der Waals surface area contributed by atoms with E-state index in [1.807, 2.05) is 0 Å². The molecule has 30 rings (SSSR count). The Morgan fingerprint density at radius 1 is 0.150 bits per heavy atom. The largest absolute Gasteiger partial charge is 0.310 e. The third-order valence-electron chi connectivity index (χ3n) is 32.4. The minimum atomic E-state index is -0.700. The minimum absolute atomic E-state index is 0.589. The molecule has 24 aromatic rings. The standard InChI is InChI=1S/C137H87N3/c1-84-35-32-44-95(77-84)138(92-38-6-3-7-39-92)126-81-123-133(111-57-18-14-53-107(111)126)131-100-73-68-89(79-91(100)71-76-121(131)136(123)115-62-28-22-49-103(115)104-50-23-29-63-116(104)136)97-59-34-66-125(85(97)2)140(94-42-10-5-11-43-94)128-83-124-134(112-58-19-16-55-109(112)128)130-99-72-67-88(78-90(99)70-75-120(130)137(124)117-64-30-24-51-105(117)106-52-25-31-65-118(106)137)87-37-33-45-96(80-87)139(93-40-8-4-9-41-93)127-82-122-132(110-56-17-15-54-108(110)127)129-98-46-13-12-36-86(98)69-74-119(129)135(122)113-60-26-20-47-101(113)102-48-21-27-61-114(102)135/h3-83H,1-2H3. The van der Waals surface area contributed by atoms with Crippen molar-refractivity contribution in [3.05, 3.63) is 569 Å². The second-order valence-corrected chi connectivity index (χ2v) is 39.0. The van der Waals surface area contributed by atoms with Gasteiger partial charge in [-0.15, -0.1) is 0 Å². The average Bonchev–Trinajstić information content (AvgIpc) is 1.50. The molecule has 0 heterocycles. The van der Waals surface area contributed by atoms with Crippen molar-refractivity contribution < 1.29 is 0 Å². The van der Waals surface area contributed by atoms with Crippen LogP contribution in [0.1, 0.15) is 77.9 Å². The summed E-state index contributed by atoms with van der Waals surface area (Å²) in [5.41, 5.74) is 46.2. The van der Waals surface area contributed by atoms with Crippen molar-refractivity contribution in [2.45, 2.75) is 30.1 Å². The predicted molar refractivity (Wildman–Crippen MR) is 585 cm³/mol.